The van der Waals surface area contributed by atoms with Crippen LogP contribution in [0.25, 0.3) is 0 Å². The third-order valence-electron chi connectivity index (χ3n) is 1.78. The van der Waals surface area contributed by atoms with Crippen LogP contribution in [0, 0.1) is 0 Å². The van der Waals surface area contributed by atoms with Gasteiger partial charge in [0, 0.05) is 18.9 Å². The number of likely N-dealkylation sites (N-methyl/N-ethyl adjacent to an activating group) is 1. The summed E-state index contributed by atoms with van der Waals surface area (Å²) < 4.78 is 0. The molecule has 0 fully saturated rings. The molecule has 0 aliphatic carbocycles. The van der Waals surface area contributed by atoms with Gasteiger partial charge in [-0.05, 0) is 6.92 Å². The maximum atomic E-state index is 11.7. The molecule has 1 amide bonds. The molecule has 1 aromatic heterocycles. The van der Waals surface area contributed by atoms with Crippen molar-refractivity contribution in [1.29, 1.82) is 0 Å². The summed E-state index contributed by atoms with van der Waals surface area (Å²) in [4.78, 5) is 30.9. The van der Waals surface area contributed by atoms with Gasteiger partial charge >= 0.3 is 5.97 Å². The van der Waals surface area contributed by atoms with E-state index in [2.05, 4.69) is 9.97 Å². The van der Waals surface area contributed by atoms with E-state index in [1.165, 1.54) is 23.5 Å². The number of aromatic nitrogens is 2. The Balaban J connectivity index is 2.78. The zero-order valence-corrected chi connectivity index (χ0v) is 8.25. The molecule has 0 radical (unpaired) electrons. The fourth-order valence-corrected chi connectivity index (χ4v) is 1.06. The van der Waals surface area contributed by atoms with Crippen molar-refractivity contribution in [2.24, 2.45) is 0 Å². The first-order valence-electron chi connectivity index (χ1n) is 4.42. The molecule has 1 aromatic rings. The van der Waals surface area contributed by atoms with Crippen LogP contribution in [0.2, 0.25) is 0 Å². The van der Waals surface area contributed by atoms with E-state index in [-0.39, 0.29) is 12.2 Å². The van der Waals surface area contributed by atoms with Gasteiger partial charge in [-0.1, -0.05) is 0 Å². The molecule has 6 heteroatoms. The minimum absolute atomic E-state index is 0.153. The van der Waals surface area contributed by atoms with Crippen molar-refractivity contribution in [3.63, 3.8) is 0 Å². The quantitative estimate of drug-likeness (QED) is 0.755. The number of aliphatic carboxylic acids is 1. The summed E-state index contributed by atoms with van der Waals surface area (Å²) >= 11 is 0. The van der Waals surface area contributed by atoms with Crippen molar-refractivity contribution < 1.29 is 14.7 Å². The zero-order valence-electron chi connectivity index (χ0n) is 8.25. The molecule has 0 unspecified atom stereocenters. The number of amides is 1. The molecule has 0 aliphatic heterocycles. The maximum absolute atomic E-state index is 11.7. The molecule has 15 heavy (non-hydrogen) atoms. The van der Waals surface area contributed by atoms with E-state index in [4.69, 9.17) is 5.11 Å². The largest absolute Gasteiger partial charge is 0.480 e. The van der Waals surface area contributed by atoms with Gasteiger partial charge in [0.15, 0.2) is 0 Å². The van der Waals surface area contributed by atoms with Crippen molar-refractivity contribution in [2.75, 3.05) is 13.1 Å². The van der Waals surface area contributed by atoms with Gasteiger partial charge in [-0.3, -0.25) is 14.6 Å². The Kier molecular flexibility index (Phi) is 3.73. The topological polar surface area (TPSA) is 83.4 Å². The second-order valence-corrected chi connectivity index (χ2v) is 2.80. The normalized spacial score (nSPS) is 9.67. The number of carboxylic acid groups (broad SMARTS) is 1. The van der Waals surface area contributed by atoms with Crippen LogP contribution >= 0.6 is 0 Å². The van der Waals surface area contributed by atoms with E-state index in [1.54, 1.807) is 6.92 Å². The molecule has 0 spiro atoms. The summed E-state index contributed by atoms with van der Waals surface area (Å²) in [7, 11) is 0. The number of rotatable bonds is 4. The lowest BCUT2D eigenvalue weighted by molar-refractivity contribution is -0.137. The van der Waals surface area contributed by atoms with Crippen molar-refractivity contribution in [3.05, 3.63) is 24.3 Å². The van der Waals surface area contributed by atoms with Gasteiger partial charge in [0.1, 0.15) is 12.2 Å². The maximum Gasteiger partial charge on any atom is 0.323 e. The van der Waals surface area contributed by atoms with Crippen molar-refractivity contribution in [1.82, 2.24) is 14.9 Å². The van der Waals surface area contributed by atoms with Gasteiger partial charge in [0.05, 0.1) is 6.20 Å². The summed E-state index contributed by atoms with van der Waals surface area (Å²) in [5.74, 6) is -1.47. The first-order chi connectivity index (χ1) is 7.15. The smallest absolute Gasteiger partial charge is 0.323 e. The Labute approximate surface area is 86.6 Å². The fraction of sp³-hybridized carbons (Fsp3) is 0.333. The van der Waals surface area contributed by atoms with Gasteiger partial charge in [-0.2, -0.15) is 0 Å². The van der Waals surface area contributed by atoms with Crippen LogP contribution < -0.4 is 0 Å². The van der Waals surface area contributed by atoms with Gasteiger partial charge in [0.25, 0.3) is 5.91 Å². The van der Waals surface area contributed by atoms with Crippen LogP contribution in [0.4, 0.5) is 0 Å². The molecule has 1 heterocycles. The summed E-state index contributed by atoms with van der Waals surface area (Å²) in [6.07, 6.45) is 4.15. The van der Waals surface area contributed by atoms with E-state index in [9.17, 15) is 9.59 Å². The Morgan fingerprint density at radius 1 is 1.47 bits per heavy atom. The van der Waals surface area contributed by atoms with Crippen LogP contribution in [-0.4, -0.2) is 44.9 Å². The molecule has 0 aromatic carbocycles. The van der Waals surface area contributed by atoms with Crippen molar-refractivity contribution in [3.8, 4) is 0 Å². The SMILES string of the molecule is CCN(CC(=O)O)C(=O)c1cnccn1. The Morgan fingerprint density at radius 3 is 2.67 bits per heavy atom. The molecule has 1 N–H and O–H groups in total. The summed E-state index contributed by atoms with van der Waals surface area (Å²) in [6, 6.07) is 0. The van der Waals surface area contributed by atoms with Crippen molar-refractivity contribution >= 4 is 11.9 Å². The molecule has 0 saturated carbocycles. The minimum atomic E-state index is -1.05. The lowest BCUT2D eigenvalue weighted by atomic mass is 10.3. The van der Waals surface area contributed by atoms with E-state index in [1.807, 2.05) is 0 Å². The first kappa shape index (κ1) is 11.1. The first-order valence-corrected chi connectivity index (χ1v) is 4.42. The van der Waals surface area contributed by atoms with Crippen molar-refractivity contribution in [2.45, 2.75) is 6.92 Å². The lowest BCUT2D eigenvalue weighted by Crippen LogP contribution is -2.35. The molecular formula is C9H11N3O3. The average molecular weight is 209 g/mol. The molecule has 1 rings (SSSR count). The van der Waals surface area contributed by atoms with Crippen LogP contribution in [0.5, 0.6) is 0 Å². The molecule has 0 saturated heterocycles. The number of hydrogen-bond acceptors (Lipinski definition) is 4. The predicted molar refractivity (Wildman–Crippen MR) is 51.2 cm³/mol. The number of hydrogen-bond donors (Lipinski definition) is 1. The molecule has 6 nitrogen and oxygen atoms in total. The highest BCUT2D eigenvalue weighted by atomic mass is 16.4. The van der Waals surface area contributed by atoms with E-state index in [0.717, 1.165) is 0 Å². The third-order valence-corrected chi connectivity index (χ3v) is 1.78. The van der Waals surface area contributed by atoms with E-state index >= 15 is 0 Å². The third kappa shape index (κ3) is 3.01. The van der Waals surface area contributed by atoms with E-state index < -0.39 is 11.9 Å². The molecule has 0 aliphatic rings. The van der Waals surface area contributed by atoms with Crippen LogP contribution in [0.15, 0.2) is 18.6 Å². The molecular weight excluding hydrogens is 198 g/mol. The van der Waals surface area contributed by atoms with E-state index in [0.29, 0.717) is 6.54 Å². The molecule has 80 valence electrons. The number of nitrogens with zero attached hydrogens (tertiary/aromatic N) is 3. The Morgan fingerprint density at radius 2 is 2.20 bits per heavy atom. The van der Waals surface area contributed by atoms with Crippen LogP contribution in [0.3, 0.4) is 0 Å². The number of carboxylic acids is 1. The number of carbonyl (C=O) groups excluding carboxylic acids is 1. The summed E-state index contributed by atoms with van der Waals surface area (Å²) in [6.45, 7) is 1.70. The Bertz CT molecular complexity index is 353. The average Bonchev–Trinajstić information content (AvgIpc) is 2.26. The highest BCUT2D eigenvalue weighted by molar-refractivity contribution is 5.93. The van der Waals surface area contributed by atoms with Gasteiger partial charge in [-0.15, -0.1) is 0 Å². The zero-order chi connectivity index (χ0) is 11.3. The molecule has 0 bridgehead atoms. The Hall–Kier alpha value is -1.98. The second kappa shape index (κ2) is 5.04. The highest BCUT2D eigenvalue weighted by Gasteiger charge is 2.17. The monoisotopic (exact) mass is 209 g/mol. The van der Waals surface area contributed by atoms with Gasteiger partial charge in [0.2, 0.25) is 0 Å². The second-order valence-electron chi connectivity index (χ2n) is 2.80. The van der Waals surface area contributed by atoms with Gasteiger partial charge < -0.3 is 10.0 Å². The predicted octanol–water partition coefficient (Wildman–Crippen LogP) is 0.0233. The van der Waals surface area contributed by atoms with Gasteiger partial charge in [-0.25, -0.2) is 4.98 Å². The molecule has 0 atom stereocenters. The fourth-order valence-electron chi connectivity index (χ4n) is 1.06. The number of carbonyl (C=O) groups is 2. The lowest BCUT2D eigenvalue weighted by Gasteiger charge is -2.17. The summed E-state index contributed by atoms with van der Waals surface area (Å²) in [5.41, 5.74) is 0.153. The standard InChI is InChI=1S/C9H11N3O3/c1-2-12(6-8(13)14)9(15)7-5-10-3-4-11-7/h3-5H,2,6H2,1H3,(H,13,14). The minimum Gasteiger partial charge on any atom is -0.480 e. The highest BCUT2D eigenvalue weighted by Crippen LogP contribution is 1.99. The van der Waals surface area contributed by atoms with Crippen LogP contribution in [-0.2, 0) is 4.79 Å². The van der Waals surface area contributed by atoms with Crippen LogP contribution in [0.1, 0.15) is 17.4 Å². The summed E-state index contributed by atoms with van der Waals surface area (Å²) in [5, 5.41) is 8.58.